The van der Waals surface area contributed by atoms with Gasteiger partial charge in [-0.15, -0.1) is 0 Å². The first-order chi connectivity index (χ1) is 20.1. The van der Waals surface area contributed by atoms with Crippen LogP contribution in [0.4, 0.5) is 0 Å². The minimum atomic E-state index is -4.10. The summed E-state index contributed by atoms with van der Waals surface area (Å²) in [6.07, 6.45) is 3.00. The zero-order valence-corrected chi connectivity index (χ0v) is 27.2. The molecule has 0 unspecified atom stereocenters. The van der Waals surface area contributed by atoms with Gasteiger partial charge in [0, 0.05) is 32.3 Å². The van der Waals surface area contributed by atoms with Crippen LogP contribution in [-0.2, 0) is 24.9 Å². The van der Waals surface area contributed by atoms with Crippen molar-refractivity contribution in [3.63, 3.8) is 0 Å². The van der Waals surface area contributed by atoms with Crippen molar-refractivity contribution < 1.29 is 30.6 Å². The van der Waals surface area contributed by atoms with Crippen LogP contribution in [0.2, 0.25) is 0 Å². The molecule has 230 valence electrons. The van der Waals surface area contributed by atoms with E-state index in [2.05, 4.69) is 0 Å². The number of carbonyl (C=O) groups is 1. The Bertz CT molecular complexity index is 1780. The monoisotopic (exact) mass is 626 g/mol. The van der Waals surface area contributed by atoms with Crippen LogP contribution in [0.25, 0.3) is 6.08 Å². The second-order valence-electron chi connectivity index (χ2n) is 10.9. The van der Waals surface area contributed by atoms with Gasteiger partial charge in [0.2, 0.25) is 15.9 Å². The lowest BCUT2D eigenvalue weighted by molar-refractivity contribution is -0.127. The molecule has 0 aliphatic carbocycles. The largest absolute Gasteiger partial charge is 0.493 e. The second-order valence-corrected chi connectivity index (χ2v) is 14.3. The molecule has 0 atom stereocenters. The van der Waals surface area contributed by atoms with Crippen LogP contribution in [0.5, 0.6) is 11.5 Å². The zero-order chi connectivity index (χ0) is 31.7. The van der Waals surface area contributed by atoms with Gasteiger partial charge in [-0.05, 0) is 105 Å². The molecule has 3 aromatic rings. The predicted octanol–water partition coefficient (Wildman–Crippen LogP) is 4.86. The Morgan fingerprint density at radius 1 is 0.767 bits per heavy atom. The van der Waals surface area contributed by atoms with E-state index < -0.39 is 20.1 Å². The quantitative estimate of drug-likeness (QED) is 0.260. The van der Waals surface area contributed by atoms with E-state index in [1.54, 1.807) is 49.1 Å². The van der Waals surface area contributed by atoms with Crippen molar-refractivity contribution in [1.29, 1.82) is 0 Å². The molecule has 1 saturated heterocycles. The molecule has 0 bridgehead atoms. The number of hydrogen-bond acceptors (Lipinski definition) is 7. The molecule has 43 heavy (non-hydrogen) atoms. The van der Waals surface area contributed by atoms with E-state index >= 15 is 0 Å². The average Bonchev–Trinajstić information content (AvgIpc) is 2.96. The maximum Gasteiger partial charge on any atom is 0.339 e. The molecule has 4 rings (SSSR count). The third-order valence-corrected chi connectivity index (χ3v) is 11.4. The summed E-state index contributed by atoms with van der Waals surface area (Å²) in [4.78, 5) is 15.0. The van der Waals surface area contributed by atoms with Crippen LogP contribution in [0.15, 0.2) is 58.3 Å². The minimum Gasteiger partial charge on any atom is -0.493 e. The van der Waals surface area contributed by atoms with Crippen LogP contribution in [-0.4, -0.2) is 65.2 Å². The van der Waals surface area contributed by atoms with Gasteiger partial charge in [-0.25, -0.2) is 8.42 Å². The Kier molecular flexibility index (Phi) is 9.39. The lowest BCUT2D eigenvalue weighted by atomic mass is 10.0. The smallest absolute Gasteiger partial charge is 0.339 e. The first kappa shape index (κ1) is 32.2. The zero-order valence-electron chi connectivity index (χ0n) is 25.6. The number of amides is 1. The molecule has 1 aliphatic heterocycles. The summed E-state index contributed by atoms with van der Waals surface area (Å²) in [6, 6.07) is 11.8. The molecular weight excluding hydrogens is 588 g/mol. The lowest BCUT2D eigenvalue weighted by Crippen LogP contribution is -2.50. The summed E-state index contributed by atoms with van der Waals surface area (Å²) in [6.45, 7) is 11.9. The molecule has 0 spiro atoms. The molecule has 0 saturated carbocycles. The highest BCUT2D eigenvalue weighted by Crippen LogP contribution is 2.32. The van der Waals surface area contributed by atoms with Crippen molar-refractivity contribution in [3.05, 3.63) is 87.5 Å². The summed E-state index contributed by atoms with van der Waals surface area (Å²) < 4.78 is 65.3. The van der Waals surface area contributed by atoms with Crippen LogP contribution in [0.1, 0.15) is 38.9 Å². The van der Waals surface area contributed by atoms with Gasteiger partial charge >= 0.3 is 10.1 Å². The Balaban J connectivity index is 1.44. The van der Waals surface area contributed by atoms with E-state index in [9.17, 15) is 21.6 Å². The van der Waals surface area contributed by atoms with E-state index in [4.69, 9.17) is 8.92 Å². The van der Waals surface area contributed by atoms with Gasteiger partial charge in [0.05, 0.1) is 12.0 Å². The van der Waals surface area contributed by atoms with Crippen LogP contribution in [0.3, 0.4) is 0 Å². The Morgan fingerprint density at radius 3 is 2.00 bits per heavy atom. The average molecular weight is 627 g/mol. The molecule has 9 nitrogen and oxygen atoms in total. The van der Waals surface area contributed by atoms with Gasteiger partial charge in [0.1, 0.15) is 4.90 Å². The fourth-order valence-electron chi connectivity index (χ4n) is 5.11. The van der Waals surface area contributed by atoms with Crippen molar-refractivity contribution in [3.8, 4) is 11.5 Å². The lowest BCUT2D eigenvalue weighted by Gasteiger charge is -2.34. The fraction of sp³-hybridized carbons (Fsp3) is 0.344. The van der Waals surface area contributed by atoms with Crippen LogP contribution >= 0.6 is 0 Å². The maximum atomic E-state index is 13.6. The SMILES string of the molecule is COc1cc(C=CC(=O)N2CCN(S(=O)(=O)c3c(C)c(C)cc(C)c3C)CC2)ccc1OS(=O)(=O)c1cc(C)ccc1C. The molecule has 0 N–H and O–H groups in total. The molecule has 1 amide bonds. The van der Waals surface area contributed by atoms with Crippen LogP contribution < -0.4 is 8.92 Å². The number of aryl methyl sites for hydroxylation is 4. The Morgan fingerprint density at radius 2 is 1.40 bits per heavy atom. The number of benzene rings is 3. The van der Waals surface area contributed by atoms with E-state index in [0.717, 1.165) is 27.8 Å². The highest BCUT2D eigenvalue weighted by molar-refractivity contribution is 7.89. The third-order valence-electron chi connectivity index (χ3n) is 7.86. The van der Waals surface area contributed by atoms with E-state index in [1.165, 1.54) is 23.6 Å². The number of hydrogen-bond donors (Lipinski definition) is 0. The van der Waals surface area contributed by atoms with Crippen molar-refractivity contribution in [2.45, 2.75) is 51.3 Å². The number of sulfonamides is 1. The third kappa shape index (κ3) is 6.79. The van der Waals surface area contributed by atoms with Gasteiger partial charge in [0.15, 0.2) is 11.5 Å². The molecule has 1 heterocycles. The first-order valence-electron chi connectivity index (χ1n) is 13.9. The highest BCUT2D eigenvalue weighted by atomic mass is 32.2. The minimum absolute atomic E-state index is 0.0264. The number of methoxy groups -OCH3 is 1. The van der Waals surface area contributed by atoms with Crippen molar-refractivity contribution in [2.24, 2.45) is 0 Å². The summed E-state index contributed by atoms with van der Waals surface area (Å²) in [5.74, 6) is -0.0367. The van der Waals surface area contributed by atoms with Gasteiger partial charge < -0.3 is 13.8 Å². The molecule has 1 fully saturated rings. The van der Waals surface area contributed by atoms with Gasteiger partial charge in [0.25, 0.3) is 0 Å². The molecule has 0 aromatic heterocycles. The van der Waals surface area contributed by atoms with Crippen LogP contribution in [0, 0.1) is 41.5 Å². The maximum absolute atomic E-state index is 13.6. The Labute approximate surface area is 254 Å². The molecule has 0 radical (unpaired) electrons. The fourth-order valence-corrected chi connectivity index (χ4v) is 8.37. The predicted molar refractivity (Wildman–Crippen MR) is 166 cm³/mol. The number of piperazine rings is 1. The van der Waals surface area contributed by atoms with E-state index in [-0.39, 0.29) is 48.5 Å². The normalized spacial score (nSPS) is 14.7. The van der Waals surface area contributed by atoms with Crippen molar-refractivity contribution >= 4 is 32.1 Å². The Hall–Kier alpha value is -3.67. The molecule has 1 aliphatic rings. The molecule has 3 aromatic carbocycles. The molecular formula is C32H38N2O7S2. The van der Waals surface area contributed by atoms with E-state index in [1.807, 2.05) is 39.8 Å². The van der Waals surface area contributed by atoms with Crippen molar-refractivity contribution in [2.75, 3.05) is 33.3 Å². The topological polar surface area (TPSA) is 110 Å². The van der Waals surface area contributed by atoms with Gasteiger partial charge in [-0.1, -0.05) is 24.3 Å². The number of carbonyl (C=O) groups excluding carboxylic acids is 1. The first-order valence-corrected chi connectivity index (χ1v) is 16.7. The van der Waals surface area contributed by atoms with Gasteiger partial charge in [-0.2, -0.15) is 12.7 Å². The summed E-state index contributed by atoms with van der Waals surface area (Å²) in [5, 5.41) is 0. The second kappa shape index (κ2) is 12.5. The molecule has 11 heteroatoms. The van der Waals surface area contributed by atoms with Crippen molar-refractivity contribution in [1.82, 2.24) is 9.21 Å². The highest BCUT2D eigenvalue weighted by Gasteiger charge is 2.32. The summed E-state index contributed by atoms with van der Waals surface area (Å²) >= 11 is 0. The summed E-state index contributed by atoms with van der Waals surface area (Å²) in [7, 11) is -6.41. The number of ether oxygens (including phenoxy) is 1. The standard InChI is InChI=1S/C32H38N2O7S2/c1-21-8-9-22(2)30(18-21)43(38,39)41-28-12-10-27(20-29(28)40-7)11-13-31(35)33-14-16-34(17-15-33)42(36,37)32-25(5)23(3)19-24(4)26(32)6/h8-13,18-20H,14-17H2,1-7H3. The van der Waals surface area contributed by atoms with Gasteiger partial charge in [-0.3, -0.25) is 4.79 Å². The number of nitrogens with zero attached hydrogens (tertiary/aromatic N) is 2. The number of rotatable bonds is 8. The van der Waals surface area contributed by atoms with E-state index in [0.29, 0.717) is 16.0 Å². The summed E-state index contributed by atoms with van der Waals surface area (Å²) in [5.41, 5.74) is 5.32.